The molecule has 1 rings (SSSR count). The Balaban J connectivity index is 3.12. The fraction of sp³-hybridized carbons (Fsp3) is 0.412. The quantitative estimate of drug-likeness (QED) is 0.405. The lowest BCUT2D eigenvalue weighted by Gasteiger charge is -2.13. The van der Waals surface area contributed by atoms with Crippen LogP contribution in [0.5, 0.6) is 11.5 Å². The molecule has 0 heterocycles. The van der Waals surface area contributed by atoms with Crippen LogP contribution in [-0.2, 0) is 14.3 Å². The average Bonchev–Trinajstić information content (AvgIpc) is 2.52. The maximum Gasteiger partial charge on any atom is 0.349 e. The number of nitriles is 1. The maximum atomic E-state index is 12.0. The van der Waals surface area contributed by atoms with Gasteiger partial charge in [-0.1, -0.05) is 11.6 Å². The second-order valence-corrected chi connectivity index (χ2v) is 5.22. The van der Waals surface area contributed by atoms with Gasteiger partial charge in [0.15, 0.2) is 11.5 Å². The first kappa shape index (κ1) is 19.8. The number of hydrogen-bond acceptors (Lipinski definition) is 6. The highest BCUT2D eigenvalue weighted by Gasteiger charge is 2.16. The lowest BCUT2D eigenvalue weighted by molar-refractivity contribution is -0.145. The van der Waals surface area contributed by atoms with Crippen LogP contribution in [0.25, 0.3) is 6.08 Å². The van der Waals surface area contributed by atoms with Gasteiger partial charge in [0.2, 0.25) is 0 Å². The molecule has 0 aliphatic rings. The summed E-state index contributed by atoms with van der Waals surface area (Å²) in [7, 11) is 2.98. The van der Waals surface area contributed by atoms with E-state index >= 15 is 0 Å². The van der Waals surface area contributed by atoms with E-state index in [1.165, 1.54) is 20.3 Å². The number of benzene rings is 1. The van der Waals surface area contributed by atoms with Crippen LogP contribution in [0.3, 0.4) is 0 Å². The number of esters is 1. The van der Waals surface area contributed by atoms with Crippen molar-refractivity contribution < 1.29 is 23.7 Å². The van der Waals surface area contributed by atoms with Crippen LogP contribution in [0, 0.1) is 11.3 Å². The van der Waals surface area contributed by atoms with Gasteiger partial charge < -0.3 is 18.9 Å². The molecule has 0 saturated heterocycles. The van der Waals surface area contributed by atoms with E-state index in [9.17, 15) is 10.1 Å². The molecule has 0 spiro atoms. The summed E-state index contributed by atoms with van der Waals surface area (Å²) < 4.78 is 20.7. The molecule has 0 unspecified atom stereocenters. The molecule has 1 aromatic rings. The molecule has 24 heavy (non-hydrogen) atoms. The summed E-state index contributed by atoms with van der Waals surface area (Å²) in [4.78, 5) is 12.0. The van der Waals surface area contributed by atoms with Crippen molar-refractivity contribution in [2.75, 3.05) is 27.4 Å². The molecule has 1 atom stereocenters. The van der Waals surface area contributed by atoms with Crippen molar-refractivity contribution in [1.82, 2.24) is 0 Å². The van der Waals surface area contributed by atoms with E-state index in [4.69, 9.17) is 30.5 Å². The molecule has 6 nitrogen and oxygen atoms in total. The zero-order valence-corrected chi connectivity index (χ0v) is 14.8. The first-order valence-corrected chi connectivity index (χ1v) is 7.66. The Morgan fingerprint density at radius 2 is 2.12 bits per heavy atom. The predicted octanol–water partition coefficient (Wildman–Crippen LogP) is 3.23. The van der Waals surface area contributed by atoms with Gasteiger partial charge in [-0.3, -0.25) is 0 Å². The Bertz CT molecular complexity index is 651. The topological polar surface area (TPSA) is 77.8 Å². The van der Waals surface area contributed by atoms with Gasteiger partial charge in [-0.25, -0.2) is 4.79 Å². The van der Waals surface area contributed by atoms with Gasteiger partial charge in [-0.15, -0.1) is 0 Å². The lowest BCUT2D eigenvalue weighted by atomic mass is 10.1. The minimum atomic E-state index is -0.730. The zero-order chi connectivity index (χ0) is 18.1. The van der Waals surface area contributed by atoms with Crippen LogP contribution in [-0.4, -0.2) is 39.5 Å². The van der Waals surface area contributed by atoms with Gasteiger partial charge >= 0.3 is 5.97 Å². The van der Waals surface area contributed by atoms with E-state index in [1.807, 2.05) is 13.0 Å². The van der Waals surface area contributed by atoms with E-state index in [-0.39, 0.29) is 12.2 Å². The first-order valence-electron chi connectivity index (χ1n) is 7.28. The summed E-state index contributed by atoms with van der Waals surface area (Å²) in [5.41, 5.74) is 0.374. The number of methoxy groups -OCH3 is 2. The minimum absolute atomic E-state index is 0.151. The third-order valence-electron chi connectivity index (χ3n) is 2.90. The fourth-order valence-electron chi connectivity index (χ4n) is 1.95. The second kappa shape index (κ2) is 9.81. The van der Waals surface area contributed by atoms with Gasteiger partial charge in [0, 0.05) is 7.11 Å². The number of nitrogens with zero attached hydrogens (tertiary/aromatic N) is 1. The van der Waals surface area contributed by atoms with Gasteiger partial charge in [-0.05, 0) is 37.6 Å². The Hall–Kier alpha value is -2.23. The van der Waals surface area contributed by atoms with Crippen LogP contribution < -0.4 is 9.47 Å². The number of ether oxygens (including phenoxy) is 4. The minimum Gasteiger partial charge on any atom is -0.491 e. The molecule has 0 aliphatic carbocycles. The summed E-state index contributed by atoms with van der Waals surface area (Å²) in [6.45, 7) is 4.16. The number of hydrogen-bond donors (Lipinski definition) is 0. The third kappa shape index (κ3) is 5.44. The highest BCUT2D eigenvalue weighted by molar-refractivity contribution is 6.32. The Labute approximate surface area is 146 Å². The molecule has 130 valence electrons. The van der Waals surface area contributed by atoms with Crippen LogP contribution >= 0.6 is 11.6 Å². The van der Waals surface area contributed by atoms with Gasteiger partial charge in [-0.2, -0.15) is 5.26 Å². The van der Waals surface area contributed by atoms with E-state index in [0.29, 0.717) is 28.7 Å². The number of rotatable bonds is 8. The molecule has 0 fully saturated rings. The molecule has 0 bridgehead atoms. The summed E-state index contributed by atoms with van der Waals surface area (Å²) >= 11 is 6.15. The molecule has 0 aliphatic heterocycles. The largest absolute Gasteiger partial charge is 0.491 e. The molecule has 0 N–H and O–H groups in total. The van der Waals surface area contributed by atoms with Crippen molar-refractivity contribution in [3.63, 3.8) is 0 Å². The van der Waals surface area contributed by atoms with Gasteiger partial charge in [0.1, 0.15) is 17.7 Å². The molecular weight excluding hydrogens is 334 g/mol. The molecule has 1 aromatic carbocycles. The first-order chi connectivity index (χ1) is 11.5. The molecule has 0 amide bonds. The maximum absolute atomic E-state index is 12.0. The SMILES string of the molecule is CCOc1cc(/C=C(\C#N)C(=O)O[C@@H](C)COC)cc(Cl)c1OC. The van der Waals surface area contributed by atoms with Crippen LogP contribution in [0.4, 0.5) is 0 Å². The van der Waals surface area contributed by atoms with Crippen molar-refractivity contribution in [3.05, 3.63) is 28.3 Å². The van der Waals surface area contributed by atoms with Crippen LogP contribution in [0.2, 0.25) is 5.02 Å². The number of halogens is 1. The van der Waals surface area contributed by atoms with E-state index < -0.39 is 12.1 Å². The molecule has 7 heteroatoms. The lowest BCUT2D eigenvalue weighted by Crippen LogP contribution is -2.20. The number of carbonyl (C=O) groups is 1. The predicted molar refractivity (Wildman–Crippen MR) is 90.2 cm³/mol. The number of carbonyl (C=O) groups excluding carboxylic acids is 1. The third-order valence-corrected chi connectivity index (χ3v) is 3.18. The Morgan fingerprint density at radius 1 is 1.42 bits per heavy atom. The van der Waals surface area contributed by atoms with Crippen molar-refractivity contribution in [2.45, 2.75) is 20.0 Å². The molecule has 0 radical (unpaired) electrons. The normalized spacial score (nSPS) is 12.2. The van der Waals surface area contributed by atoms with Crippen molar-refractivity contribution in [1.29, 1.82) is 5.26 Å². The van der Waals surface area contributed by atoms with Crippen molar-refractivity contribution in [3.8, 4) is 17.6 Å². The standard InChI is InChI=1S/C17H20ClNO5/c1-5-23-15-8-12(7-14(18)16(15)22-4)6-13(9-19)17(20)24-11(2)10-21-3/h6-8,11H,5,10H2,1-4H3/b13-6+/t11-/m0/s1. The summed E-state index contributed by atoms with van der Waals surface area (Å²) in [5, 5.41) is 9.52. The molecule has 0 aromatic heterocycles. The summed E-state index contributed by atoms with van der Waals surface area (Å²) in [5.74, 6) is 0.0922. The molecular formula is C17H20ClNO5. The van der Waals surface area contributed by atoms with E-state index in [2.05, 4.69) is 0 Å². The summed E-state index contributed by atoms with van der Waals surface area (Å²) in [6, 6.07) is 5.04. The highest BCUT2D eigenvalue weighted by atomic mass is 35.5. The van der Waals surface area contributed by atoms with Crippen molar-refractivity contribution in [2.24, 2.45) is 0 Å². The van der Waals surface area contributed by atoms with E-state index in [1.54, 1.807) is 19.1 Å². The second-order valence-electron chi connectivity index (χ2n) is 4.81. The smallest absolute Gasteiger partial charge is 0.349 e. The fourth-order valence-corrected chi connectivity index (χ4v) is 2.25. The zero-order valence-electron chi connectivity index (χ0n) is 14.1. The highest BCUT2D eigenvalue weighted by Crippen LogP contribution is 2.36. The Kier molecular flexibility index (Phi) is 8.10. The summed E-state index contributed by atoms with van der Waals surface area (Å²) in [6.07, 6.45) is 0.924. The Morgan fingerprint density at radius 3 is 2.67 bits per heavy atom. The van der Waals surface area contributed by atoms with Crippen LogP contribution in [0.15, 0.2) is 17.7 Å². The van der Waals surface area contributed by atoms with Crippen molar-refractivity contribution >= 4 is 23.6 Å². The van der Waals surface area contributed by atoms with Crippen LogP contribution in [0.1, 0.15) is 19.4 Å². The monoisotopic (exact) mass is 353 g/mol. The van der Waals surface area contributed by atoms with E-state index in [0.717, 1.165) is 0 Å². The van der Waals surface area contributed by atoms with Gasteiger partial charge in [0.25, 0.3) is 0 Å². The average molecular weight is 354 g/mol. The molecule has 0 saturated carbocycles. The van der Waals surface area contributed by atoms with Gasteiger partial charge in [0.05, 0.1) is 25.3 Å².